The van der Waals surface area contributed by atoms with Gasteiger partial charge in [0.05, 0.1) is 11.4 Å². The van der Waals surface area contributed by atoms with Crippen LogP contribution in [0.1, 0.15) is 45.6 Å². The monoisotopic (exact) mass is 531 g/mol. The Morgan fingerprint density at radius 3 is 2.35 bits per heavy atom. The molecule has 1 heterocycles. The Kier molecular flexibility index (Phi) is 10.2. The van der Waals surface area contributed by atoms with Gasteiger partial charge < -0.3 is 19.7 Å². The molecule has 2 aromatic carbocycles. The minimum atomic E-state index is -3.82. The Balaban J connectivity index is 1.93. The van der Waals surface area contributed by atoms with Crippen molar-refractivity contribution < 1.29 is 27.5 Å². The first kappa shape index (κ1) is 28.3. The van der Waals surface area contributed by atoms with Crippen molar-refractivity contribution >= 4 is 27.5 Å². The van der Waals surface area contributed by atoms with Gasteiger partial charge in [-0.25, -0.2) is 8.42 Å². The van der Waals surface area contributed by atoms with Crippen LogP contribution in [0.15, 0.2) is 48.5 Å². The summed E-state index contributed by atoms with van der Waals surface area (Å²) in [6.45, 7) is 6.43. The molecule has 0 fully saturated rings. The molecule has 2 amide bonds. The number of nitrogens with one attached hydrogen (secondary N) is 1. The van der Waals surface area contributed by atoms with Crippen molar-refractivity contribution in [1.82, 2.24) is 10.2 Å². The molecule has 1 aliphatic rings. The van der Waals surface area contributed by atoms with Crippen LogP contribution in [-0.2, 0) is 26.2 Å². The SMILES string of the molecule is CCCCNC(=O)[C@@H](CC)N(Cc1ccccc1)C(=O)CN(c1ccc2c(c1)OCCO2)S(=O)(=O)CC. The Bertz CT molecular complexity index is 1160. The number of anilines is 1. The van der Waals surface area contributed by atoms with Crippen LogP contribution in [0, 0.1) is 0 Å². The zero-order valence-corrected chi connectivity index (χ0v) is 22.6. The summed E-state index contributed by atoms with van der Waals surface area (Å²) in [6.07, 6.45) is 2.16. The molecule has 0 saturated carbocycles. The van der Waals surface area contributed by atoms with E-state index in [1.165, 1.54) is 11.8 Å². The summed E-state index contributed by atoms with van der Waals surface area (Å²) in [5.74, 6) is 0.0473. The van der Waals surface area contributed by atoms with Gasteiger partial charge in [0, 0.05) is 19.2 Å². The molecule has 0 aromatic heterocycles. The summed E-state index contributed by atoms with van der Waals surface area (Å²) in [7, 11) is -3.82. The highest BCUT2D eigenvalue weighted by molar-refractivity contribution is 7.92. The Morgan fingerprint density at radius 1 is 1.00 bits per heavy atom. The number of benzene rings is 2. The Hall–Kier alpha value is -3.27. The number of hydrogen-bond donors (Lipinski definition) is 1. The molecule has 0 aliphatic carbocycles. The lowest BCUT2D eigenvalue weighted by atomic mass is 10.1. The third-order valence-electron chi connectivity index (χ3n) is 6.20. The second kappa shape index (κ2) is 13.3. The smallest absolute Gasteiger partial charge is 0.244 e. The third kappa shape index (κ3) is 7.38. The summed E-state index contributed by atoms with van der Waals surface area (Å²) in [5.41, 5.74) is 1.15. The van der Waals surface area contributed by atoms with Gasteiger partial charge in [0.15, 0.2) is 11.5 Å². The number of rotatable bonds is 13. The molecular weight excluding hydrogens is 494 g/mol. The number of ether oxygens (including phenoxy) is 2. The normalized spacial score (nSPS) is 13.5. The first-order valence-electron chi connectivity index (χ1n) is 12.8. The van der Waals surface area contributed by atoms with E-state index < -0.39 is 28.5 Å². The summed E-state index contributed by atoms with van der Waals surface area (Å²) >= 11 is 0. The molecule has 0 unspecified atom stereocenters. The van der Waals surface area contributed by atoms with Crippen LogP contribution >= 0.6 is 0 Å². The van der Waals surface area contributed by atoms with Gasteiger partial charge in [-0.3, -0.25) is 13.9 Å². The van der Waals surface area contributed by atoms with E-state index in [2.05, 4.69) is 5.32 Å². The molecule has 202 valence electrons. The number of carbonyl (C=O) groups is 2. The second-order valence-electron chi connectivity index (χ2n) is 8.81. The van der Waals surface area contributed by atoms with Gasteiger partial charge in [0.1, 0.15) is 25.8 Å². The maximum Gasteiger partial charge on any atom is 0.244 e. The van der Waals surface area contributed by atoms with E-state index in [9.17, 15) is 18.0 Å². The molecule has 0 spiro atoms. The highest BCUT2D eigenvalue weighted by Crippen LogP contribution is 2.35. The number of nitrogens with zero attached hydrogens (tertiary/aromatic N) is 2. The van der Waals surface area contributed by atoms with E-state index >= 15 is 0 Å². The predicted octanol–water partition coefficient (Wildman–Crippen LogP) is 3.34. The first-order valence-corrected chi connectivity index (χ1v) is 14.4. The van der Waals surface area contributed by atoms with Crippen LogP contribution < -0.4 is 19.1 Å². The van der Waals surface area contributed by atoms with Gasteiger partial charge in [-0.05, 0) is 37.5 Å². The molecule has 10 heteroatoms. The van der Waals surface area contributed by atoms with Crippen LogP contribution in [0.5, 0.6) is 11.5 Å². The molecule has 0 radical (unpaired) electrons. The van der Waals surface area contributed by atoms with Gasteiger partial charge in [0.25, 0.3) is 0 Å². The van der Waals surface area contributed by atoms with Crippen LogP contribution in [-0.4, -0.2) is 63.2 Å². The highest BCUT2D eigenvalue weighted by Gasteiger charge is 2.32. The third-order valence-corrected chi connectivity index (χ3v) is 7.95. The van der Waals surface area contributed by atoms with Crippen molar-refractivity contribution in [1.29, 1.82) is 0 Å². The minimum Gasteiger partial charge on any atom is -0.486 e. The zero-order valence-electron chi connectivity index (χ0n) is 21.8. The van der Waals surface area contributed by atoms with E-state index in [1.807, 2.05) is 44.2 Å². The Labute approximate surface area is 219 Å². The number of fused-ring (bicyclic) bond motifs is 1. The van der Waals surface area contributed by atoms with Crippen molar-refractivity contribution in [2.24, 2.45) is 0 Å². The zero-order chi connectivity index (χ0) is 26.8. The molecule has 9 nitrogen and oxygen atoms in total. The lowest BCUT2D eigenvalue weighted by molar-refractivity contribution is -0.140. The van der Waals surface area contributed by atoms with Crippen LogP contribution in [0.25, 0.3) is 0 Å². The average Bonchev–Trinajstić information content (AvgIpc) is 2.91. The van der Waals surface area contributed by atoms with Crippen molar-refractivity contribution in [3.63, 3.8) is 0 Å². The summed E-state index contributed by atoms with van der Waals surface area (Å²) in [4.78, 5) is 28.4. The molecule has 0 bridgehead atoms. The molecular formula is C27H37N3O6S. The maximum absolute atomic E-state index is 13.8. The van der Waals surface area contributed by atoms with Crippen LogP contribution in [0.3, 0.4) is 0 Å². The fraction of sp³-hybridized carbons (Fsp3) is 0.481. The molecule has 3 rings (SSSR count). The van der Waals surface area contributed by atoms with E-state index in [-0.39, 0.29) is 18.2 Å². The van der Waals surface area contributed by atoms with Gasteiger partial charge in [-0.15, -0.1) is 0 Å². The van der Waals surface area contributed by atoms with E-state index in [4.69, 9.17) is 9.47 Å². The van der Waals surface area contributed by atoms with Crippen molar-refractivity contribution in [2.75, 3.05) is 36.4 Å². The van der Waals surface area contributed by atoms with E-state index in [0.717, 1.165) is 22.7 Å². The summed E-state index contributed by atoms with van der Waals surface area (Å²) in [6, 6.07) is 13.4. The van der Waals surface area contributed by atoms with Crippen molar-refractivity contribution in [3.05, 3.63) is 54.1 Å². The summed E-state index contributed by atoms with van der Waals surface area (Å²) < 4.78 is 38.5. The van der Waals surface area contributed by atoms with Crippen molar-refractivity contribution in [3.8, 4) is 11.5 Å². The lowest BCUT2D eigenvalue weighted by Gasteiger charge is -2.33. The molecule has 0 saturated heterocycles. The standard InChI is InChI=1S/C27H37N3O6S/c1-4-7-15-28-27(32)23(5-2)29(19-21-11-9-8-10-12-21)26(31)20-30(37(33,34)6-3)22-13-14-24-25(18-22)36-17-16-35-24/h8-14,18,23H,4-7,15-17,19-20H2,1-3H3,(H,28,32)/t23-/m1/s1. The highest BCUT2D eigenvalue weighted by atomic mass is 32.2. The second-order valence-corrected chi connectivity index (χ2v) is 11.0. The molecule has 1 atom stereocenters. The predicted molar refractivity (Wildman–Crippen MR) is 143 cm³/mol. The van der Waals surface area contributed by atoms with Crippen LogP contribution in [0.4, 0.5) is 5.69 Å². The van der Waals surface area contributed by atoms with Gasteiger partial charge in [0.2, 0.25) is 21.8 Å². The maximum atomic E-state index is 13.8. The molecule has 2 aromatic rings. The molecule has 37 heavy (non-hydrogen) atoms. The van der Waals surface area contributed by atoms with E-state index in [1.54, 1.807) is 18.2 Å². The van der Waals surface area contributed by atoms with Crippen molar-refractivity contribution in [2.45, 2.75) is 52.6 Å². The van der Waals surface area contributed by atoms with E-state index in [0.29, 0.717) is 43.4 Å². The van der Waals surface area contributed by atoms with Gasteiger partial charge >= 0.3 is 0 Å². The first-order chi connectivity index (χ1) is 17.8. The molecule has 1 N–H and O–H groups in total. The average molecular weight is 532 g/mol. The number of hydrogen-bond acceptors (Lipinski definition) is 6. The quantitative estimate of drug-likeness (QED) is 0.398. The summed E-state index contributed by atoms with van der Waals surface area (Å²) in [5, 5.41) is 2.92. The number of sulfonamides is 1. The van der Waals surface area contributed by atoms with Crippen LogP contribution in [0.2, 0.25) is 0 Å². The molecule has 1 aliphatic heterocycles. The minimum absolute atomic E-state index is 0.181. The fourth-order valence-corrected chi connectivity index (χ4v) is 5.17. The number of unbranched alkanes of at least 4 members (excludes halogenated alkanes) is 1. The Morgan fingerprint density at radius 2 is 1.70 bits per heavy atom. The largest absolute Gasteiger partial charge is 0.486 e. The van der Waals surface area contributed by atoms with Gasteiger partial charge in [-0.1, -0.05) is 50.6 Å². The lowest BCUT2D eigenvalue weighted by Crippen LogP contribution is -2.52. The van der Waals surface area contributed by atoms with Gasteiger partial charge in [-0.2, -0.15) is 0 Å². The topological polar surface area (TPSA) is 105 Å². The fourth-order valence-electron chi connectivity index (χ4n) is 4.11. The number of carbonyl (C=O) groups excluding carboxylic acids is 2. The number of amides is 2.